The highest BCUT2D eigenvalue weighted by Gasteiger charge is 2.17. The molecule has 0 aliphatic carbocycles. The van der Waals surface area contributed by atoms with Crippen LogP contribution in [0.15, 0.2) is 30.5 Å². The second-order valence-corrected chi connectivity index (χ2v) is 5.76. The minimum Gasteiger partial charge on any atom is -0.481 e. The molecule has 23 heavy (non-hydrogen) atoms. The lowest BCUT2D eigenvalue weighted by atomic mass is 10.1. The summed E-state index contributed by atoms with van der Waals surface area (Å²) >= 11 is 0. The minimum absolute atomic E-state index is 0.0295. The zero-order chi connectivity index (χ0) is 17.0. The number of hydrogen-bond donors (Lipinski definition) is 2. The van der Waals surface area contributed by atoms with Crippen molar-refractivity contribution in [1.82, 2.24) is 15.1 Å². The van der Waals surface area contributed by atoms with Crippen molar-refractivity contribution in [3.05, 3.63) is 47.3 Å². The average molecular weight is 315 g/mol. The van der Waals surface area contributed by atoms with Crippen LogP contribution in [0, 0.1) is 19.8 Å². The van der Waals surface area contributed by atoms with Gasteiger partial charge >= 0.3 is 5.97 Å². The molecule has 6 heteroatoms. The van der Waals surface area contributed by atoms with Gasteiger partial charge in [0.25, 0.3) is 5.91 Å². The van der Waals surface area contributed by atoms with Crippen molar-refractivity contribution in [1.29, 1.82) is 0 Å². The number of amides is 1. The van der Waals surface area contributed by atoms with E-state index in [1.165, 1.54) is 0 Å². The number of carboxylic acid groups (broad SMARTS) is 1. The highest BCUT2D eigenvalue weighted by molar-refractivity contribution is 5.95. The van der Waals surface area contributed by atoms with Gasteiger partial charge in [0.05, 0.1) is 23.1 Å². The van der Waals surface area contributed by atoms with Crippen molar-refractivity contribution >= 4 is 11.9 Å². The Morgan fingerprint density at radius 2 is 2.00 bits per heavy atom. The predicted octanol–water partition coefficient (Wildman–Crippen LogP) is 2.33. The average Bonchev–Trinajstić information content (AvgIpc) is 2.86. The van der Waals surface area contributed by atoms with Gasteiger partial charge < -0.3 is 10.4 Å². The van der Waals surface area contributed by atoms with E-state index in [4.69, 9.17) is 5.11 Å². The van der Waals surface area contributed by atoms with Gasteiger partial charge in [-0.3, -0.25) is 9.59 Å². The number of aliphatic carboxylic acids is 1. The van der Waals surface area contributed by atoms with Crippen molar-refractivity contribution in [3.63, 3.8) is 0 Å². The first-order valence-corrected chi connectivity index (χ1v) is 7.50. The SMILES string of the molecule is Cc1ccccc1-n1ncc(C(=O)NC[C@@H](C)CC(=O)O)c1C. The lowest BCUT2D eigenvalue weighted by Gasteiger charge is -2.11. The Morgan fingerprint density at radius 3 is 2.65 bits per heavy atom. The van der Waals surface area contributed by atoms with Gasteiger partial charge in [-0.2, -0.15) is 5.10 Å². The molecule has 0 aliphatic rings. The van der Waals surface area contributed by atoms with Crippen LogP contribution < -0.4 is 5.32 Å². The highest BCUT2D eigenvalue weighted by atomic mass is 16.4. The first-order chi connectivity index (χ1) is 10.9. The molecule has 1 amide bonds. The number of aryl methyl sites for hydroxylation is 1. The summed E-state index contributed by atoms with van der Waals surface area (Å²) in [6.45, 7) is 5.94. The summed E-state index contributed by atoms with van der Waals surface area (Å²) in [5.74, 6) is -1.22. The van der Waals surface area contributed by atoms with E-state index in [2.05, 4.69) is 10.4 Å². The van der Waals surface area contributed by atoms with Crippen LogP contribution >= 0.6 is 0 Å². The Kier molecular flexibility index (Phi) is 5.16. The maximum atomic E-state index is 12.3. The summed E-state index contributed by atoms with van der Waals surface area (Å²) in [5, 5.41) is 15.8. The van der Waals surface area contributed by atoms with Crippen LogP contribution in [0.4, 0.5) is 0 Å². The summed E-state index contributed by atoms with van der Waals surface area (Å²) in [6.07, 6.45) is 1.57. The van der Waals surface area contributed by atoms with E-state index in [-0.39, 0.29) is 18.2 Å². The number of carbonyl (C=O) groups excluding carboxylic acids is 1. The zero-order valence-corrected chi connectivity index (χ0v) is 13.5. The Labute approximate surface area is 135 Å². The second-order valence-electron chi connectivity index (χ2n) is 5.76. The van der Waals surface area contributed by atoms with Gasteiger partial charge in [0.1, 0.15) is 0 Å². The molecular weight excluding hydrogens is 294 g/mol. The van der Waals surface area contributed by atoms with Gasteiger partial charge in [0.2, 0.25) is 0 Å². The van der Waals surface area contributed by atoms with Crippen LogP contribution in [0.25, 0.3) is 5.69 Å². The van der Waals surface area contributed by atoms with E-state index in [1.807, 2.05) is 38.1 Å². The van der Waals surface area contributed by atoms with E-state index in [1.54, 1.807) is 17.8 Å². The van der Waals surface area contributed by atoms with Crippen molar-refractivity contribution in [2.45, 2.75) is 27.2 Å². The number of hydrogen-bond acceptors (Lipinski definition) is 3. The number of aromatic nitrogens is 2. The molecule has 0 spiro atoms. The van der Waals surface area contributed by atoms with Crippen LogP contribution in [0.5, 0.6) is 0 Å². The molecule has 1 atom stereocenters. The van der Waals surface area contributed by atoms with Gasteiger partial charge in [-0.05, 0) is 31.4 Å². The van der Waals surface area contributed by atoms with Crippen molar-refractivity contribution < 1.29 is 14.7 Å². The summed E-state index contributed by atoms with van der Waals surface area (Å²) in [7, 11) is 0. The summed E-state index contributed by atoms with van der Waals surface area (Å²) in [4.78, 5) is 22.9. The van der Waals surface area contributed by atoms with Crippen molar-refractivity contribution in [3.8, 4) is 5.69 Å². The quantitative estimate of drug-likeness (QED) is 0.857. The van der Waals surface area contributed by atoms with Gasteiger partial charge in [-0.25, -0.2) is 4.68 Å². The lowest BCUT2D eigenvalue weighted by Crippen LogP contribution is -2.29. The molecule has 0 radical (unpaired) electrons. The van der Waals surface area contributed by atoms with Crippen LogP contribution in [0.2, 0.25) is 0 Å². The monoisotopic (exact) mass is 315 g/mol. The molecule has 122 valence electrons. The molecule has 0 saturated carbocycles. The highest BCUT2D eigenvalue weighted by Crippen LogP contribution is 2.17. The Morgan fingerprint density at radius 1 is 1.30 bits per heavy atom. The fraction of sp³-hybridized carbons (Fsp3) is 0.353. The van der Waals surface area contributed by atoms with Gasteiger partial charge in [0, 0.05) is 13.0 Å². The number of benzene rings is 1. The number of nitrogens with zero attached hydrogens (tertiary/aromatic N) is 2. The molecule has 2 rings (SSSR count). The molecule has 0 saturated heterocycles. The number of rotatable bonds is 6. The molecule has 6 nitrogen and oxygen atoms in total. The summed E-state index contributed by atoms with van der Waals surface area (Å²) in [5.41, 5.74) is 3.25. The molecule has 2 N–H and O–H groups in total. The first kappa shape index (κ1) is 16.7. The summed E-state index contributed by atoms with van der Waals surface area (Å²) in [6, 6.07) is 7.82. The van der Waals surface area contributed by atoms with E-state index in [9.17, 15) is 9.59 Å². The normalized spacial score (nSPS) is 12.0. The standard InChI is InChI=1S/C17H21N3O3/c1-11(8-16(21)22)9-18-17(23)14-10-19-20(13(14)3)15-7-5-4-6-12(15)2/h4-7,10-11H,8-9H2,1-3H3,(H,18,23)(H,21,22)/t11-/m0/s1. The largest absolute Gasteiger partial charge is 0.481 e. The molecule has 1 aromatic carbocycles. The van der Waals surface area contributed by atoms with Crippen LogP contribution in [0.1, 0.15) is 35.0 Å². The summed E-state index contributed by atoms with van der Waals surface area (Å²) < 4.78 is 1.74. The fourth-order valence-corrected chi connectivity index (χ4v) is 2.41. The number of para-hydroxylation sites is 1. The molecule has 2 aromatic rings. The maximum absolute atomic E-state index is 12.3. The van der Waals surface area contributed by atoms with Gasteiger partial charge in [-0.1, -0.05) is 25.1 Å². The Bertz CT molecular complexity index is 722. The third-order valence-corrected chi connectivity index (χ3v) is 3.73. The van der Waals surface area contributed by atoms with E-state index in [0.717, 1.165) is 16.9 Å². The van der Waals surface area contributed by atoms with Crippen LogP contribution in [0.3, 0.4) is 0 Å². The minimum atomic E-state index is -0.865. The third kappa shape index (κ3) is 3.97. The van der Waals surface area contributed by atoms with E-state index in [0.29, 0.717) is 12.1 Å². The Balaban J connectivity index is 2.11. The molecule has 1 aromatic heterocycles. The molecular formula is C17H21N3O3. The van der Waals surface area contributed by atoms with Crippen molar-refractivity contribution in [2.24, 2.45) is 5.92 Å². The zero-order valence-electron chi connectivity index (χ0n) is 13.5. The molecule has 0 bridgehead atoms. The number of carboxylic acids is 1. The topological polar surface area (TPSA) is 84.2 Å². The van der Waals surface area contributed by atoms with E-state index >= 15 is 0 Å². The molecule has 1 heterocycles. The van der Waals surface area contributed by atoms with Crippen molar-refractivity contribution in [2.75, 3.05) is 6.54 Å². The molecule has 0 unspecified atom stereocenters. The Hall–Kier alpha value is -2.63. The fourth-order valence-electron chi connectivity index (χ4n) is 2.41. The number of carbonyl (C=O) groups is 2. The smallest absolute Gasteiger partial charge is 0.303 e. The van der Waals surface area contributed by atoms with Crippen LogP contribution in [-0.4, -0.2) is 33.3 Å². The molecule has 0 aliphatic heterocycles. The molecule has 0 fully saturated rings. The maximum Gasteiger partial charge on any atom is 0.303 e. The second kappa shape index (κ2) is 7.09. The third-order valence-electron chi connectivity index (χ3n) is 3.73. The number of nitrogens with one attached hydrogen (secondary N) is 1. The van der Waals surface area contributed by atoms with Gasteiger partial charge in [-0.15, -0.1) is 0 Å². The van der Waals surface area contributed by atoms with Gasteiger partial charge in [0.15, 0.2) is 0 Å². The lowest BCUT2D eigenvalue weighted by molar-refractivity contribution is -0.137. The van der Waals surface area contributed by atoms with Crippen LogP contribution in [-0.2, 0) is 4.79 Å². The van der Waals surface area contributed by atoms with E-state index < -0.39 is 5.97 Å². The first-order valence-electron chi connectivity index (χ1n) is 7.50. The predicted molar refractivity (Wildman–Crippen MR) is 86.8 cm³/mol.